The highest BCUT2D eigenvalue weighted by Gasteiger charge is 2.36. The predicted octanol–water partition coefficient (Wildman–Crippen LogP) is 7.75. The highest BCUT2D eigenvalue weighted by atomic mass is 19.2. The summed E-state index contributed by atoms with van der Waals surface area (Å²) in [6, 6.07) is 5.90. The molecule has 2 unspecified atom stereocenters. The molecular weight excluding hydrogens is 345 g/mol. The summed E-state index contributed by atoms with van der Waals surface area (Å²) in [6.45, 7) is 2.26. The third kappa shape index (κ3) is 3.75. The fourth-order valence-corrected chi connectivity index (χ4v) is 5.65. The number of halogens is 3. The van der Waals surface area contributed by atoms with Gasteiger partial charge < -0.3 is 0 Å². The van der Waals surface area contributed by atoms with Crippen molar-refractivity contribution in [1.82, 2.24) is 0 Å². The maximum Gasteiger partial charge on any atom is 0.169 e. The van der Waals surface area contributed by atoms with Crippen LogP contribution in [0, 0.1) is 35.2 Å². The molecule has 0 nitrogen and oxygen atoms in total. The fraction of sp³-hybridized carbons (Fsp3) is 0.583. The molecular formula is C24H29F3. The molecule has 0 bridgehead atoms. The molecule has 2 fully saturated rings. The Morgan fingerprint density at radius 2 is 1.67 bits per heavy atom. The van der Waals surface area contributed by atoms with E-state index in [2.05, 4.69) is 6.92 Å². The van der Waals surface area contributed by atoms with E-state index in [1.165, 1.54) is 57.1 Å². The third-order valence-corrected chi connectivity index (χ3v) is 7.14. The van der Waals surface area contributed by atoms with E-state index in [-0.39, 0.29) is 5.39 Å². The Balaban J connectivity index is 1.50. The molecule has 0 N–H and O–H groups in total. The lowest BCUT2D eigenvalue weighted by Gasteiger charge is -2.42. The number of unbranched alkanes of at least 4 members (excludes halogenated alkanes) is 1. The standard InChI is InChI=1S/C24H29F3/c1-2-3-4-15-5-6-17-12-18(8-7-16(17)11-15)20-13-19-9-10-21(25)24(27)23(19)22(26)14-20/h9-10,13-18H,2-8,11-12H2,1H3/t15-,16?,17-,18?/m1/s1. The van der Waals surface area contributed by atoms with E-state index < -0.39 is 17.5 Å². The lowest BCUT2D eigenvalue weighted by atomic mass is 9.63. The van der Waals surface area contributed by atoms with Crippen LogP contribution in [0.25, 0.3) is 10.8 Å². The molecule has 0 amide bonds. The number of rotatable bonds is 4. The number of hydrogen-bond acceptors (Lipinski definition) is 0. The van der Waals surface area contributed by atoms with Crippen LogP contribution in [0.1, 0.15) is 76.2 Å². The Morgan fingerprint density at radius 1 is 0.889 bits per heavy atom. The van der Waals surface area contributed by atoms with Gasteiger partial charge in [0.15, 0.2) is 11.6 Å². The van der Waals surface area contributed by atoms with Gasteiger partial charge in [0.1, 0.15) is 5.82 Å². The van der Waals surface area contributed by atoms with Crippen LogP contribution in [-0.2, 0) is 0 Å². The molecule has 0 heterocycles. The second-order valence-electron chi connectivity index (χ2n) is 8.81. The average Bonchev–Trinajstić information content (AvgIpc) is 2.68. The average molecular weight is 374 g/mol. The minimum absolute atomic E-state index is 0.219. The van der Waals surface area contributed by atoms with Crippen molar-refractivity contribution >= 4 is 10.8 Å². The van der Waals surface area contributed by atoms with Crippen molar-refractivity contribution in [3.8, 4) is 0 Å². The molecule has 2 aromatic rings. The minimum atomic E-state index is -1.08. The zero-order valence-corrected chi connectivity index (χ0v) is 16.1. The summed E-state index contributed by atoms with van der Waals surface area (Å²) in [5.74, 6) is 0.105. The Kier molecular flexibility index (Phi) is 5.48. The fourth-order valence-electron chi connectivity index (χ4n) is 5.65. The van der Waals surface area contributed by atoms with E-state index in [4.69, 9.17) is 0 Å². The summed E-state index contributed by atoms with van der Waals surface area (Å²) in [5, 5.41) is 0.248. The van der Waals surface area contributed by atoms with Crippen molar-refractivity contribution in [1.29, 1.82) is 0 Å². The molecule has 2 aliphatic carbocycles. The van der Waals surface area contributed by atoms with Gasteiger partial charge in [-0.05, 0) is 78.9 Å². The molecule has 0 saturated heterocycles. The zero-order valence-electron chi connectivity index (χ0n) is 16.1. The predicted molar refractivity (Wildman–Crippen MR) is 104 cm³/mol. The Hall–Kier alpha value is -1.51. The van der Waals surface area contributed by atoms with E-state index in [0.29, 0.717) is 11.3 Å². The summed E-state index contributed by atoms with van der Waals surface area (Å²) in [7, 11) is 0. The zero-order chi connectivity index (χ0) is 19.0. The van der Waals surface area contributed by atoms with Crippen LogP contribution in [0.2, 0.25) is 0 Å². The number of hydrogen-bond donors (Lipinski definition) is 0. The maximum atomic E-state index is 14.5. The molecule has 2 aliphatic rings. The second kappa shape index (κ2) is 7.85. The molecule has 2 aromatic carbocycles. The van der Waals surface area contributed by atoms with Crippen molar-refractivity contribution in [3.05, 3.63) is 47.3 Å². The first-order valence-electron chi connectivity index (χ1n) is 10.6. The van der Waals surface area contributed by atoms with Crippen molar-refractivity contribution in [2.45, 2.75) is 70.6 Å². The van der Waals surface area contributed by atoms with Crippen LogP contribution in [0.3, 0.4) is 0 Å². The summed E-state index contributed by atoms with van der Waals surface area (Å²) < 4.78 is 41.9. The Bertz CT molecular complexity index is 813. The van der Waals surface area contributed by atoms with Gasteiger partial charge in [0, 0.05) is 0 Å². The first-order valence-corrected chi connectivity index (χ1v) is 10.6. The quantitative estimate of drug-likeness (QED) is 0.513. The van der Waals surface area contributed by atoms with E-state index in [9.17, 15) is 13.2 Å². The van der Waals surface area contributed by atoms with Crippen molar-refractivity contribution in [2.75, 3.05) is 0 Å². The van der Waals surface area contributed by atoms with Gasteiger partial charge in [0.2, 0.25) is 0 Å². The SMILES string of the molecule is CCCC[C@@H]1CC[C@@H]2CC(c3cc(F)c4c(F)c(F)ccc4c3)CCC2C1. The summed E-state index contributed by atoms with van der Waals surface area (Å²) in [6.07, 6.45) is 11.4. The molecule has 0 aromatic heterocycles. The molecule has 2 saturated carbocycles. The van der Waals surface area contributed by atoms with Crippen LogP contribution in [0.5, 0.6) is 0 Å². The lowest BCUT2D eigenvalue weighted by molar-refractivity contribution is 0.113. The van der Waals surface area contributed by atoms with Gasteiger partial charge in [0.05, 0.1) is 5.39 Å². The van der Waals surface area contributed by atoms with Gasteiger partial charge >= 0.3 is 0 Å². The van der Waals surface area contributed by atoms with Crippen LogP contribution >= 0.6 is 0 Å². The van der Waals surface area contributed by atoms with Gasteiger partial charge in [-0.25, -0.2) is 13.2 Å². The first-order chi connectivity index (χ1) is 13.1. The number of fused-ring (bicyclic) bond motifs is 2. The lowest BCUT2D eigenvalue weighted by Crippen LogP contribution is -2.30. The van der Waals surface area contributed by atoms with Crippen LogP contribution in [0.15, 0.2) is 24.3 Å². The monoisotopic (exact) mass is 374 g/mol. The largest absolute Gasteiger partial charge is 0.206 e. The summed E-state index contributed by atoms with van der Waals surface area (Å²) >= 11 is 0. The summed E-state index contributed by atoms with van der Waals surface area (Å²) in [5.41, 5.74) is 0.956. The van der Waals surface area contributed by atoms with E-state index in [1.54, 1.807) is 0 Å². The first kappa shape index (κ1) is 18.8. The van der Waals surface area contributed by atoms with Gasteiger partial charge in [-0.15, -0.1) is 0 Å². The minimum Gasteiger partial charge on any atom is -0.206 e. The van der Waals surface area contributed by atoms with E-state index in [0.717, 1.165) is 42.2 Å². The number of benzene rings is 2. The van der Waals surface area contributed by atoms with Crippen molar-refractivity contribution in [3.63, 3.8) is 0 Å². The van der Waals surface area contributed by atoms with Gasteiger partial charge in [-0.1, -0.05) is 44.7 Å². The maximum absolute atomic E-state index is 14.5. The molecule has 3 heteroatoms. The Morgan fingerprint density at radius 3 is 2.48 bits per heavy atom. The van der Waals surface area contributed by atoms with Crippen LogP contribution < -0.4 is 0 Å². The molecule has 0 spiro atoms. The highest BCUT2D eigenvalue weighted by molar-refractivity contribution is 5.84. The van der Waals surface area contributed by atoms with E-state index >= 15 is 0 Å². The second-order valence-corrected chi connectivity index (χ2v) is 8.81. The molecule has 146 valence electrons. The Labute approximate surface area is 160 Å². The third-order valence-electron chi connectivity index (χ3n) is 7.14. The van der Waals surface area contributed by atoms with Crippen molar-refractivity contribution < 1.29 is 13.2 Å². The van der Waals surface area contributed by atoms with Crippen molar-refractivity contribution in [2.24, 2.45) is 17.8 Å². The smallest absolute Gasteiger partial charge is 0.169 e. The molecule has 0 aliphatic heterocycles. The highest BCUT2D eigenvalue weighted by Crippen LogP contribution is 2.48. The molecule has 0 radical (unpaired) electrons. The van der Waals surface area contributed by atoms with E-state index in [1.807, 2.05) is 6.07 Å². The molecule has 4 atom stereocenters. The topological polar surface area (TPSA) is 0 Å². The van der Waals surface area contributed by atoms with Crippen LogP contribution in [-0.4, -0.2) is 0 Å². The molecule has 27 heavy (non-hydrogen) atoms. The summed E-state index contributed by atoms with van der Waals surface area (Å²) in [4.78, 5) is 0. The van der Waals surface area contributed by atoms with Gasteiger partial charge in [-0.2, -0.15) is 0 Å². The van der Waals surface area contributed by atoms with Gasteiger partial charge in [0.25, 0.3) is 0 Å². The van der Waals surface area contributed by atoms with Gasteiger partial charge in [-0.3, -0.25) is 0 Å². The normalized spacial score (nSPS) is 28.3. The molecule has 4 rings (SSSR count). The van der Waals surface area contributed by atoms with Crippen LogP contribution in [0.4, 0.5) is 13.2 Å².